The largest absolute Gasteiger partial charge is 0.354 e. The van der Waals surface area contributed by atoms with Crippen LogP contribution in [0.5, 0.6) is 0 Å². The van der Waals surface area contributed by atoms with Gasteiger partial charge in [0.05, 0.1) is 0 Å². The molecule has 0 bridgehead atoms. The highest BCUT2D eigenvalue weighted by Gasteiger charge is 2.04. The van der Waals surface area contributed by atoms with Gasteiger partial charge >= 0.3 is 0 Å². The van der Waals surface area contributed by atoms with Crippen LogP contribution in [0.4, 0.5) is 0 Å². The maximum atomic E-state index is 11.7. The summed E-state index contributed by atoms with van der Waals surface area (Å²) in [6.45, 7) is 3.50. The quantitative estimate of drug-likeness (QED) is 0.626. The summed E-state index contributed by atoms with van der Waals surface area (Å²) in [5.74, 6) is -0.136. The van der Waals surface area contributed by atoms with Crippen molar-refractivity contribution in [3.63, 3.8) is 0 Å². The number of nitrogens with one attached hydrogen (secondary N) is 3. The van der Waals surface area contributed by atoms with Crippen LogP contribution >= 0.6 is 0 Å². The van der Waals surface area contributed by atoms with Crippen LogP contribution in [-0.2, 0) is 4.79 Å². The Morgan fingerprint density at radius 2 is 1.63 bits per heavy atom. The predicted octanol–water partition coefficient (Wildman–Crippen LogP) is 0.451. The van der Waals surface area contributed by atoms with Gasteiger partial charge in [0.15, 0.2) is 0 Å². The molecule has 0 aliphatic rings. The Morgan fingerprint density at radius 1 is 1.00 bits per heavy atom. The highest BCUT2D eigenvalue weighted by Crippen LogP contribution is 2.02. The summed E-state index contributed by atoms with van der Waals surface area (Å²) in [5.41, 5.74) is 1.75. The van der Waals surface area contributed by atoms with Crippen LogP contribution in [-0.4, -0.2) is 38.5 Å². The average Bonchev–Trinajstić information content (AvgIpc) is 2.41. The van der Waals surface area contributed by atoms with Crippen molar-refractivity contribution >= 4 is 11.8 Å². The lowest BCUT2D eigenvalue weighted by atomic mass is 10.1. The highest BCUT2D eigenvalue weighted by atomic mass is 16.2. The van der Waals surface area contributed by atoms with E-state index < -0.39 is 0 Å². The van der Waals surface area contributed by atoms with E-state index in [4.69, 9.17) is 0 Å². The molecule has 0 aromatic heterocycles. The van der Waals surface area contributed by atoms with Gasteiger partial charge in [0.1, 0.15) is 0 Å². The normalized spacial score (nSPS) is 10.0. The molecule has 0 aliphatic carbocycles. The van der Waals surface area contributed by atoms with Crippen LogP contribution in [0.25, 0.3) is 0 Å². The van der Waals surface area contributed by atoms with E-state index in [0.29, 0.717) is 31.6 Å². The molecule has 1 aromatic rings. The molecular weight excluding hydrogens is 242 g/mol. The first-order chi connectivity index (χ1) is 9.13. The molecule has 104 valence electrons. The molecule has 0 saturated heterocycles. The minimum atomic E-state index is -0.121. The summed E-state index contributed by atoms with van der Waals surface area (Å²) in [7, 11) is 1.80. The highest BCUT2D eigenvalue weighted by molar-refractivity contribution is 5.94. The van der Waals surface area contributed by atoms with Gasteiger partial charge in [-0.15, -0.1) is 0 Å². The lowest BCUT2D eigenvalue weighted by Gasteiger charge is -2.07. The third-order valence-electron chi connectivity index (χ3n) is 2.65. The zero-order valence-corrected chi connectivity index (χ0v) is 11.5. The molecule has 3 N–H and O–H groups in total. The number of rotatable bonds is 7. The summed E-state index contributed by atoms with van der Waals surface area (Å²) >= 11 is 0. The molecule has 0 heterocycles. The topological polar surface area (TPSA) is 70.2 Å². The fraction of sp³-hybridized carbons (Fsp3) is 0.429. The van der Waals surface area contributed by atoms with Gasteiger partial charge in [0.2, 0.25) is 5.91 Å². The van der Waals surface area contributed by atoms with Gasteiger partial charge in [-0.05, 0) is 26.1 Å². The molecule has 0 unspecified atom stereocenters. The van der Waals surface area contributed by atoms with Crippen LogP contribution in [0.1, 0.15) is 22.3 Å². The number of amides is 2. The average molecular weight is 263 g/mol. The number of hydrogen-bond donors (Lipinski definition) is 3. The van der Waals surface area contributed by atoms with Gasteiger partial charge < -0.3 is 16.0 Å². The summed E-state index contributed by atoms with van der Waals surface area (Å²) in [5, 5.41) is 8.40. The summed E-state index contributed by atoms with van der Waals surface area (Å²) < 4.78 is 0. The van der Waals surface area contributed by atoms with Gasteiger partial charge in [-0.1, -0.05) is 17.7 Å². The Balaban J connectivity index is 2.20. The van der Waals surface area contributed by atoms with Crippen LogP contribution in [0.3, 0.4) is 0 Å². The van der Waals surface area contributed by atoms with E-state index in [-0.39, 0.29) is 11.8 Å². The second-order valence-corrected chi connectivity index (χ2v) is 4.33. The molecule has 2 amide bonds. The van der Waals surface area contributed by atoms with Gasteiger partial charge in [-0.2, -0.15) is 0 Å². The molecule has 1 aromatic carbocycles. The van der Waals surface area contributed by atoms with Crippen LogP contribution in [0, 0.1) is 6.92 Å². The fourth-order valence-electron chi connectivity index (χ4n) is 1.51. The number of benzene rings is 1. The van der Waals surface area contributed by atoms with E-state index in [9.17, 15) is 9.59 Å². The fourth-order valence-corrected chi connectivity index (χ4v) is 1.51. The van der Waals surface area contributed by atoms with Crippen LogP contribution < -0.4 is 16.0 Å². The lowest BCUT2D eigenvalue weighted by molar-refractivity contribution is -0.120. The van der Waals surface area contributed by atoms with Crippen molar-refractivity contribution < 1.29 is 9.59 Å². The zero-order chi connectivity index (χ0) is 14.1. The van der Waals surface area contributed by atoms with Crippen molar-refractivity contribution in [3.8, 4) is 0 Å². The van der Waals surface area contributed by atoms with Crippen molar-refractivity contribution in [2.45, 2.75) is 13.3 Å². The number of carbonyl (C=O) groups excluding carboxylic acids is 2. The molecule has 1 rings (SSSR count). The van der Waals surface area contributed by atoms with Gasteiger partial charge in [0, 0.05) is 31.6 Å². The SMILES string of the molecule is CNCCC(=O)NCCNC(=O)c1ccc(C)cc1. The van der Waals surface area contributed by atoms with Crippen LogP contribution in [0.2, 0.25) is 0 Å². The van der Waals surface area contributed by atoms with Crippen molar-refractivity contribution in [1.29, 1.82) is 0 Å². The molecule has 0 atom stereocenters. The van der Waals surface area contributed by atoms with Crippen molar-refractivity contribution in [3.05, 3.63) is 35.4 Å². The van der Waals surface area contributed by atoms with Crippen LogP contribution in [0.15, 0.2) is 24.3 Å². The molecule has 0 radical (unpaired) electrons. The van der Waals surface area contributed by atoms with E-state index in [1.807, 2.05) is 19.1 Å². The number of carbonyl (C=O) groups is 2. The molecular formula is C14H21N3O2. The molecule has 5 heteroatoms. The molecule has 0 spiro atoms. The first-order valence-corrected chi connectivity index (χ1v) is 6.39. The Kier molecular flexibility index (Phi) is 6.60. The monoisotopic (exact) mass is 263 g/mol. The zero-order valence-electron chi connectivity index (χ0n) is 11.5. The third kappa shape index (κ3) is 6.01. The summed E-state index contributed by atoms with van der Waals surface area (Å²) in [6, 6.07) is 7.37. The summed E-state index contributed by atoms with van der Waals surface area (Å²) in [6.07, 6.45) is 0.447. The van der Waals surface area contributed by atoms with E-state index in [1.54, 1.807) is 19.2 Å². The Bertz CT molecular complexity index is 415. The summed E-state index contributed by atoms with van der Waals surface area (Å²) in [4.78, 5) is 23.0. The maximum Gasteiger partial charge on any atom is 0.251 e. The standard InChI is InChI=1S/C14H21N3O2/c1-11-3-5-12(6-4-11)14(19)17-10-9-16-13(18)7-8-15-2/h3-6,15H,7-10H2,1-2H3,(H,16,18)(H,17,19). The lowest BCUT2D eigenvalue weighted by Crippen LogP contribution is -2.35. The third-order valence-corrected chi connectivity index (χ3v) is 2.65. The Labute approximate surface area is 113 Å². The molecule has 19 heavy (non-hydrogen) atoms. The number of hydrogen-bond acceptors (Lipinski definition) is 3. The van der Waals surface area contributed by atoms with E-state index in [0.717, 1.165) is 5.56 Å². The van der Waals surface area contributed by atoms with Crippen molar-refractivity contribution in [2.24, 2.45) is 0 Å². The second kappa shape index (κ2) is 8.26. The Morgan fingerprint density at radius 3 is 2.26 bits per heavy atom. The minimum Gasteiger partial charge on any atom is -0.354 e. The van der Waals surface area contributed by atoms with Gasteiger partial charge in [0.25, 0.3) is 5.91 Å². The van der Waals surface area contributed by atoms with Gasteiger partial charge in [-0.3, -0.25) is 9.59 Å². The second-order valence-electron chi connectivity index (χ2n) is 4.33. The molecule has 0 saturated carbocycles. The molecule has 5 nitrogen and oxygen atoms in total. The van der Waals surface area contributed by atoms with Crippen molar-refractivity contribution in [1.82, 2.24) is 16.0 Å². The van der Waals surface area contributed by atoms with Gasteiger partial charge in [-0.25, -0.2) is 0 Å². The number of aryl methyl sites for hydroxylation is 1. The predicted molar refractivity (Wildman–Crippen MR) is 75.1 cm³/mol. The van der Waals surface area contributed by atoms with E-state index in [1.165, 1.54) is 0 Å². The van der Waals surface area contributed by atoms with E-state index in [2.05, 4.69) is 16.0 Å². The molecule has 0 aliphatic heterocycles. The first-order valence-electron chi connectivity index (χ1n) is 6.39. The van der Waals surface area contributed by atoms with Crippen molar-refractivity contribution in [2.75, 3.05) is 26.7 Å². The first kappa shape index (κ1) is 15.2. The maximum absolute atomic E-state index is 11.7. The smallest absolute Gasteiger partial charge is 0.251 e. The minimum absolute atomic E-state index is 0.0149. The van der Waals surface area contributed by atoms with E-state index >= 15 is 0 Å². The molecule has 0 fully saturated rings. The Hall–Kier alpha value is -1.88.